The summed E-state index contributed by atoms with van der Waals surface area (Å²) >= 11 is 7.27. The highest BCUT2D eigenvalue weighted by molar-refractivity contribution is 7.89. The normalized spacial score (nSPS) is 11.2. The molecule has 0 atom stereocenters. The molecule has 0 aliphatic heterocycles. The standard InChI is InChI=1S/C21H22ClN3O5S2/c1-13-20(14-4-6-15(22)7-5-14)25-21(31-13)24-19(26)10-11-23-32(27,28)16-8-9-17(29-2)18(12-16)30-3/h4-9,12,23H,10-11H2,1-3H3,(H,24,25,26). The number of hydrogen-bond donors (Lipinski definition) is 2. The maximum Gasteiger partial charge on any atom is 0.240 e. The van der Waals surface area contributed by atoms with Gasteiger partial charge in [-0.25, -0.2) is 18.1 Å². The number of halogens is 1. The fourth-order valence-corrected chi connectivity index (χ4v) is 4.90. The lowest BCUT2D eigenvalue weighted by molar-refractivity contribution is -0.116. The quantitative estimate of drug-likeness (QED) is 0.463. The van der Waals surface area contributed by atoms with Crippen molar-refractivity contribution in [3.8, 4) is 22.8 Å². The van der Waals surface area contributed by atoms with Crippen molar-refractivity contribution < 1.29 is 22.7 Å². The van der Waals surface area contributed by atoms with Gasteiger partial charge in [0.05, 0.1) is 24.8 Å². The number of carbonyl (C=O) groups is 1. The van der Waals surface area contributed by atoms with Gasteiger partial charge in [0, 0.05) is 34.5 Å². The van der Waals surface area contributed by atoms with Gasteiger partial charge < -0.3 is 14.8 Å². The summed E-state index contributed by atoms with van der Waals surface area (Å²) in [6.45, 7) is 1.84. The predicted octanol–water partition coefficient (Wildman–Crippen LogP) is 4.10. The lowest BCUT2D eigenvalue weighted by Gasteiger charge is -2.11. The molecule has 2 N–H and O–H groups in total. The van der Waals surface area contributed by atoms with Crippen LogP contribution in [0.2, 0.25) is 5.02 Å². The average Bonchev–Trinajstić information content (AvgIpc) is 3.13. The number of sulfonamides is 1. The number of methoxy groups -OCH3 is 2. The highest BCUT2D eigenvalue weighted by atomic mass is 35.5. The van der Waals surface area contributed by atoms with Crippen molar-refractivity contribution in [2.45, 2.75) is 18.2 Å². The van der Waals surface area contributed by atoms with Crippen LogP contribution in [0.15, 0.2) is 47.4 Å². The molecular formula is C21H22ClN3O5S2. The number of nitrogens with one attached hydrogen (secondary N) is 2. The van der Waals surface area contributed by atoms with Gasteiger partial charge in [-0.1, -0.05) is 23.7 Å². The van der Waals surface area contributed by atoms with Crippen LogP contribution >= 0.6 is 22.9 Å². The maximum atomic E-state index is 12.5. The Morgan fingerprint density at radius 3 is 2.44 bits per heavy atom. The van der Waals surface area contributed by atoms with Crippen molar-refractivity contribution in [3.63, 3.8) is 0 Å². The first-order valence-corrected chi connectivity index (χ1v) is 12.2. The van der Waals surface area contributed by atoms with Gasteiger partial charge >= 0.3 is 0 Å². The highest BCUT2D eigenvalue weighted by Crippen LogP contribution is 2.31. The fourth-order valence-electron chi connectivity index (χ4n) is 2.87. The second-order valence-corrected chi connectivity index (χ2v) is 10.1. The molecule has 0 spiro atoms. The van der Waals surface area contributed by atoms with Gasteiger partial charge in [-0.15, -0.1) is 11.3 Å². The molecule has 0 aliphatic rings. The maximum absolute atomic E-state index is 12.5. The van der Waals surface area contributed by atoms with Crippen molar-refractivity contribution in [2.24, 2.45) is 0 Å². The van der Waals surface area contributed by atoms with Crippen LogP contribution in [0.4, 0.5) is 5.13 Å². The van der Waals surface area contributed by atoms with Gasteiger partial charge in [-0.3, -0.25) is 4.79 Å². The first-order chi connectivity index (χ1) is 15.2. The van der Waals surface area contributed by atoms with E-state index in [4.69, 9.17) is 21.1 Å². The molecular weight excluding hydrogens is 474 g/mol. The van der Waals surface area contributed by atoms with Crippen molar-refractivity contribution in [2.75, 3.05) is 26.1 Å². The number of thiazole rings is 1. The fraction of sp³-hybridized carbons (Fsp3) is 0.238. The van der Waals surface area contributed by atoms with Crippen LogP contribution in [0, 0.1) is 6.92 Å². The molecule has 1 heterocycles. The van der Waals surface area contributed by atoms with Gasteiger partial charge in [0.1, 0.15) is 0 Å². The van der Waals surface area contributed by atoms with Crippen molar-refractivity contribution in [1.82, 2.24) is 9.71 Å². The first kappa shape index (κ1) is 24.0. The molecule has 3 rings (SSSR count). The van der Waals surface area contributed by atoms with E-state index in [0.717, 1.165) is 16.1 Å². The Hall–Kier alpha value is -2.66. The summed E-state index contributed by atoms with van der Waals surface area (Å²) in [7, 11) is -0.933. The number of aromatic nitrogens is 1. The number of aryl methyl sites for hydroxylation is 1. The summed E-state index contributed by atoms with van der Waals surface area (Å²) in [4.78, 5) is 17.7. The summed E-state index contributed by atoms with van der Waals surface area (Å²) in [6, 6.07) is 11.5. The molecule has 0 radical (unpaired) electrons. The van der Waals surface area contributed by atoms with Crippen molar-refractivity contribution in [3.05, 3.63) is 52.4 Å². The Morgan fingerprint density at radius 1 is 1.09 bits per heavy atom. The number of nitrogens with zero attached hydrogens (tertiary/aromatic N) is 1. The second kappa shape index (κ2) is 10.3. The number of anilines is 1. The van der Waals surface area contributed by atoms with E-state index >= 15 is 0 Å². The molecule has 0 bridgehead atoms. The summed E-state index contributed by atoms with van der Waals surface area (Å²) < 4.78 is 37.7. The molecule has 0 aliphatic carbocycles. The minimum Gasteiger partial charge on any atom is -0.493 e. The number of rotatable bonds is 9. The molecule has 0 unspecified atom stereocenters. The van der Waals surface area contributed by atoms with Gasteiger partial charge in [0.25, 0.3) is 0 Å². The van der Waals surface area contributed by atoms with Crippen molar-refractivity contribution in [1.29, 1.82) is 0 Å². The smallest absolute Gasteiger partial charge is 0.240 e. The molecule has 1 amide bonds. The number of amides is 1. The molecule has 0 saturated heterocycles. The number of ether oxygens (including phenoxy) is 2. The van der Waals surface area contributed by atoms with Crippen LogP contribution in [0.3, 0.4) is 0 Å². The van der Waals surface area contributed by atoms with E-state index in [1.807, 2.05) is 19.1 Å². The lowest BCUT2D eigenvalue weighted by atomic mass is 10.1. The third kappa shape index (κ3) is 5.77. The second-order valence-electron chi connectivity index (χ2n) is 6.64. The minimum absolute atomic E-state index is 0.0127. The van der Waals surface area contributed by atoms with Crippen LogP contribution in [-0.4, -0.2) is 40.1 Å². The van der Waals surface area contributed by atoms with E-state index in [2.05, 4.69) is 15.0 Å². The van der Waals surface area contributed by atoms with Crippen LogP contribution in [0.25, 0.3) is 11.3 Å². The van der Waals surface area contributed by atoms with Gasteiger partial charge in [-0.05, 0) is 31.2 Å². The Balaban J connectivity index is 1.58. The van der Waals surface area contributed by atoms with E-state index in [1.54, 1.807) is 12.1 Å². The predicted molar refractivity (Wildman–Crippen MR) is 125 cm³/mol. The monoisotopic (exact) mass is 495 g/mol. The van der Waals surface area contributed by atoms with Gasteiger partial charge in [0.15, 0.2) is 16.6 Å². The Kier molecular flexibility index (Phi) is 7.73. The highest BCUT2D eigenvalue weighted by Gasteiger charge is 2.18. The summed E-state index contributed by atoms with van der Waals surface area (Å²) in [5, 5.41) is 3.79. The molecule has 0 fully saturated rings. The topological polar surface area (TPSA) is 107 Å². The van der Waals surface area contributed by atoms with E-state index < -0.39 is 10.0 Å². The Bertz CT molecular complexity index is 1210. The number of hydrogen-bond acceptors (Lipinski definition) is 7. The van der Waals surface area contributed by atoms with Crippen LogP contribution in [-0.2, 0) is 14.8 Å². The van der Waals surface area contributed by atoms with E-state index in [1.165, 1.54) is 43.8 Å². The molecule has 32 heavy (non-hydrogen) atoms. The molecule has 2 aromatic carbocycles. The third-order valence-corrected chi connectivity index (χ3v) is 7.07. The van der Waals surface area contributed by atoms with Crippen molar-refractivity contribution >= 4 is 44.0 Å². The van der Waals surface area contributed by atoms with Gasteiger partial charge in [0.2, 0.25) is 15.9 Å². The molecule has 3 aromatic rings. The van der Waals surface area contributed by atoms with Crippen LogP contribution < -0.4 is 19.5 Å². The summed E-state index contributed by atoms with van der Waals surface area (Å²) in [6.07, 6.45) is -0.0541. The first-order valence-electron chi connectivity index (χ1n) is 9.48. The zero-order valence-electron chi connectivity index (χ0n) is 17.6. The third-order valence-electron chi connectivity index (χ3n) is 4.47. The summed E-state index contributed by atoms with van der Waals surface area (Å²) in [5.41, 5.74) is 1.66. The Morgan fingerprint density at radius 2 is 1.78 bits per heavy atom. The van der Waals surface area contributed by atoms with E-state index in [-0.39, 0.29) is 23.8 Å². The lowest BCUT2D eigenvalue weighted by Crippen LogP contribution is -2.27. The zero-order chi connectivity index (χ0) is 23.3. The van der Waals surface area contributed by atoms with E-state index in [0.29, 0.717) is 21.7 Å². The molecule has 0 saturated carbocycles. The number of carbonyl (C=O) groups excluding carboxylic acids is 1. The number of benzene rings is 2. The summed E-state index contributed by atoms with van der Waals surface area (Å²) in [5.74, 6) is 0.364. The molecule has 170 valence electrons. The SMILES string of the molecule is COc1ccc(S(=O)(=O)NCCC(=O)Nc2nc(-c3ccc(Cl)cc3)c(C)s2)cc1OC. The zero-order valence-corrected chi connectivity index (χ0v) is 20.0. The van der Waals surface area contributed by atoms with Gasteiger partial charge in [-0.2, -0.15) is 0 Å². The minimum atomic E-state index is -3.82. The largest absolute Gasteiger partial charge is 0.493 e. The van der Waals surface area contributed by atoms with Crippen LogP contribution in [0.1, 0.15) is 11.3 Å². The molecule has 1 aromatic heterocycles. The Labute approximate surface area is 195 Å². The van der Waals surface area contributed by atoms with E-state index in [9.17, 15) is 13.2 Å². The van der Waals surface area contributed by atoms with Crippen LogP contribution in [0.5, 0.6) is 11.5 Å². The average molecular weight is 496 g/mol. The molecule has 11 heteroatoms. The molecule has 8 nitrogen and oxygen atoms in total.